The largest absolute Gasteiger partial charge is 0.379 e. The van der Waals surface area contributed by atoms with Crippen molar-refractivity contribution in [2.75, 3.05) is 59.0 Å². The van der Waals surface area contributed by atoms with Crippen LogP contribution in [-0.2, 0) is 22.6 Å². The van der Waals surface area contributed by atoms with Crippen LogP contribution in [0.1, 0.15) is 24.0 Å². The van der Waals surface area contributed by atoms with Gasteiger partial charge in [-0.25, -0.2) is 0 Å². The maximum atomic E-state index is 13.3. The zero-order valence-corrected chi connectivity index (χ0v) is 18.3. The normalized spacial score (nSPS) is 25.2. The zero-order chi connectivity index (χ0) is 21.1. The highest BCUT2D eigenvalue weighted by Crippen LogP contribution is 2.41. The fourth-order valence-electron chi connectivity index (χ4n) is 5.33. The molecule has 1 spiro atoms. The average molecular weight is 424 g/mol. The van der Waals surface area contributed by atoms with Gasteiger partial charge in [0.15, 0.2) is 0 Å². The molecule has 1 aromatic heterocycles. The van der Waals surface area contributed by atoms with E-state index in [0.29, 0.717) is 5.91 Å². The van der Waals surface area contributed by atoms with Crippen LogP contribution in [0.3, 0.4) is 0 Å². The molecular weight excluding hydrogens is 390 g/mol. The van der Waals surface area contributed by atoms with Crippen LogP contribution in [0, 0.1) is 5.41 Å². The summed E-state index contributed by atoms with van der Waals surface area (Å²) < 4.78 is 7.38. The molecule has 3 saturated heterocycles. The Morgan fingerprint density at radius 2 is 1.74 bits per heavy atom. The van der Waals surface area contributed by atoms with Crippen molar-refractivity contribution in [1.29, 1.82) is 0 Å². The molecule has 7 heteroatoms. The van der Waals surface area contributed by atoms with Gasteiger partial charge in [-0.2, -0.15) is 5.10 Å². The van der Waals surface area contributed by atoms with Crippen LogP contribution < -0.4 is 0 Å². The Labute approximate surface area is 184 Å². The smallest absolute Gasteiger partial charge is 0.230 e. The first kappa shape index (κ1) is 20.7. The van der Waals surface area contributed by atoms with Crippen LogP contribution in [0.5, 0.6) is 0 Å². The standard InChI is InChI=1S/C24H33N5O2/c30-23-24(6-10-28(23)12-11-26-13-15-31-16-14-26)5-9-27(20-24)18-21-3-1-4-22(17-21)19-29-8-2-7-25-29/h1-4,7-8,17H,5-6,9-16,18-20H2. The molecule has 31 heavy (non-hydrogen) atoms. The maximum absolute atomic E-state index is 13.3. The number of hydrogen-bond donors (Lipinski definition) is 0. The SMILES string of the molecule is O=C1N(CCN2CCOCC2)CCC12CCN(Cc1cccc(Cn3cccn3)c1)C2. The lowest BCUT2D eigenvalue weighted by atomic mass is 9.85. The minimum Gasteiger partial charge on any atom is -0.379 e. The van der Waals surface area contributed by atoms with Gasteiger partial charge in [-0.3, -0.25) is 19.3 Å². The van der Waals surface area contributed by atoms with Crippen molar-refractivity contribution in [3.05, 3.63) is 53.9 Å². The average Bonchev–Trinajstić information content (AvgIpc) is 3.51. The highest BCUT2D eigenvalue weighted by Gasteiger charge is 2.50. The second-order valence-electron chi connectivity index (χ2n) is 9.26. The Bertz CT molecular complexity index is 880. The number of benzene rings is 1. The van der Waals surface area contributed by atoms with Gasteiger partial charge in [0.05, 0.1) is 25.2 Å². The summed E-state index contributed by atoms with van der Waals surface area (Å²) in [7, 11) is 0. The lowest BCUT2D eigenvalue weighted by molar-refractivity contribution is -0.135. The number of hydrogen-bond acceptors (Lipinski definition) is 5. The fraction of sp³-hybridized carbons (Fsp3) is 0.583. The van der Waals surface area contributed by atoms with Crippen molar-refractivity contribution in [2.24, 2.45) is 5.41 Å². The molecule has 0 N–H and O–H groups in total. The number of ether oxygens (including phenoxy) is 1. The van der Waals surface area contributed by atoms with E-state index in [1.165, 1.54) is 11.1 Å². The van der Waals surface area contributed by atoms with Crippen molar-refractivity contribution in [3.63, 3.8) is 0 Å². The molecule has 4 heterocycles. The molecule has 7 nitrogen and oxygen atoms in total. The topological polar surface area (TPSA) is 53.8 Å². The minimum absolute atomic E-state index is 0.155. The number of nitrogens with zero attached hydrogens (tertiary/aromatic N) is 5. The molecule has 166 valence electrons. The maximum Gasteiger partial charge on any atom is 0.230 e. The molecule has 2 aromatic rings. The molecule has 1 amide bonds. The Morgan fingerprint density at radius 1 is 0.935 bits per heavy atom. The molecule has 0 bridgehead atoms. The van der Waals surface area contributed by atoms with Crippen LogP contribution >= 0.6 is 0 Å². The van der Waals surface area contributed by atoms with Crippen LogP contribution in [0.2, 0.25) is 0 Å². The third-order valence-corrected chi connectivity index (χ3v) is 7.13. The van der Waals surface area contributed by atoms with E-state index in [-0.39, 0.29) is 5.41 Å². The summed E-state index contributed by atoms with van der Waals surface area (Å²) in [6.45, 7) is 9.95. The van der Waals surface area contributed by atoms with E-state index >= 15 is 0 Å². The molecule has 0 radical (unpaired) electrons. The van der Waals surface area contributed by atoms with Crippen LogP contribution in [-0.4, -0.2) is 89.4 Å². The fourth-order valence-corrected chi connectivity index (χ4v) is 5.33. The van der Waals surface area contributed by atoms with Crippen LogP contribution in [0.25, 0.3) is 0 Å². The van der Waals surface area contributed by atoms with Gasteiger partial charge in [0.2, 0.25) is 5.91 Å². The second-order valence-corrected chi connectivity index (χ2v) is 9.26. The van der Waals surface area contributed by atoms with E-state index in [0.717, 1.165) is 85.0 Å². The van der Waals surface area contributed by atoms with Gasteiger partial charge < -0.3 is 9.64 Å². The first-order valence-electron chi connectivity index (χ1n) is 11.6. The summed E-state index contributed by atoms with van der Waals surface area (Å²) in [6, 6.07) is 10.7. The summed E-state index contributed by atoms with van der Waals surface area (Å²) in [5, 5.41) is 4.31. The molecule has 0 aliphatic carbocycles. The highest BCUT2D eigenvalue weighted by molar-refractivity contribution is 5.85. The lowest BCUT2D eigenvalue weighted by Crippen LogP contribution is -2.43. The summed E-state index contributed by atoms with van der Waals surface area (Å²) in [5.41, 5.74) is 2.43. The number of rotatable bonds is 7. The molecule has 1 atom stereocenters. The first-order valence-corrected chi connectivity index (χ1v) is 11.6. The van der Waals surface area contributed by atoms with Crippen LogP contribution in [0.15, 0.2) is 42.7 Å². The van der Waals surface area contributed by atoms with Crippen molar-refractivity contribution >= 4 is 5.91 Å². The third kappa shape index (κ3) is 4.68. The van der Waals surface area contributed by atoms with Gasteiger partial charge in [0.1, 0.15) is 0 Å². The predicted molar refractivity (Wildman–Crippen MR) is 119 cm³/mol. The van der Waals surface area contributed by atoms with Crippen molar-refractivity contribution in [2.45, 2.75) is 25.9 Å². The molecule has 3 aliphatic heterocycles. The number of aromatic nitrogens is 2. The minimum atomic E-state index is -0.155. The van der Waals surface area contributed by atoms with E-state index in [2.05, 4.69) is 44.1 Å². The van der Waals surface area contributed by atoms with Gasteiger partial charge in [-0.05, 0) is 36.6 Å². The number of morpholine rings is 1. The Morgan fingerprint density at radius 3 is 2.55 bits per heavy atom. The zero-order valence-electron chi connectivity index (χ0n) is 18.3. The molecule has 1 aromatic carbocycles. The molecule has 3 aliphatic rings. The van der Waals surface area contributed by atoms with E-state index in [1.54, 1.807) is 0 Å². The Balaban J connectivity index is 1.15. The number of amides is 1. The van der Waals surface area contributed by atoms with E-state index in [1.807, 2.05) is 23.1 Å². The Hall–Kier alpha value is -2.22. The molecule has 1 unspecified atom stereocenters. The van der Waals surface area contributed by atoms with Crippen molar-refractivity contribution < 1.29 is 9.53 Å². The van der Waals surface area contributed by atoms with E-state index < -0.39 is 0 Å². The van der Waals surface area contributed by atoms with E-state index in [4.69, 9.17) is 4.74 Å². The highest BCUT2D eigenvalue weighted by atomic mass is 16.5. The number of likely N-dealkylation sites (tertiary alicyclic amines) is 2. The predicted octanol–water partition coefficient (Wildman–Crippen LogP) is 1.69. The number of carbonyl (C=O) groups excluding carboxylic acids is 1. The number of carbonyl (C=O) groups is 1. The van der Waals surface area contributed by atoms with Gasteiger partial charge in [-0.15, -0.1) is 0 Å². The molecule has 5 rings (SSSR count). The second kappa shape index (κ2) is 9.10. The lowest BCUT2D eigenvalue weighted by Gasteiger charge is -2.29. The van der Waals surface area contributed by atoms with Gasteiger partial charge in [0.25, 0.3) is 0 Å². The summed E-state index contributed by atoms with van der Waals surface area (Å²) in [4.78, 5) is 20.3. The van der Waals surface area contributed by atoms with E-state index in [9.17, 15) is 4.79 Å². The molecule has 0 saturated carbocycles. The van der Waals surface area contributed by atoms with Crippen molar-refractivity contribution in [3.8, 4) is 0 Å². The first-order chi connectivity index (χ1) is 15.2. The van der Waals surface area contributed by atoms with Crippen molar-refractivity contribution in [1.82, 2.24) is 24.5 Å². The monoisotopic (exact) mass is 423 g/mol. The molecule has 3 fully saturated rings. The van der Waals surface area contributed by atoms with Crippen LogP contribution in [0.4, 0.5) is 0 Å². The summed E-state index contributed by atoms with van der Waals surface area (Å²) in [6.07, 6.45) is 5.81. The summed E-state index contributed by atoms with van der Waals surface area (Å²) in [5.74, 6) is 0.385. The third-order valence-electron chi connectivity index (χ3n) is 7.13. The molecular formula is C24H33N5O2. The Kier molecular flexibility index (Phi) is 6.07. The quantitative estimate of drug-likeness (QED) is 0.678. The van der Waals surface area contributed by atoms with Gasteiger partial charge in [0, 0.05) is 58.2 Å². The van der Waals surface area contributed by atoms with Gasteiger partial charge in [-0.1, -0.05) is 24.3 Å². The van der Waals surface area contributed by atoms with Gasteiger partial charge >= 0.3 is 0 Å². The summed E-state index contributed by atoms with van der Waals surface area (Å²) >= 11 is 0.